The molecule has 0 aromatic heterocycles. The molecule has 1 N–H and O–H groups in total. The van der Waals surface area contributed by atoms with Crippen molar-refractivity contribution in [3.8, 4) is 0 Å². The third kappa shape index (κ3) is 4.18. The van der Waals surface area contributed by atoms with Crippen molar-refractivity contribution in [3.05, 3.63) is 0 Å². The summed E-state index contributed by atoms with van der Waals surface area (Å²) in [5.74, 6) is 0.892. The molecular weight excluding hydrogens is 242 g/mol. The summed E-state index contributed by atoms with van der Waals surface area (Å²) in [6.07, 6.45) is 6.07. The number of unbranched alkanes of at least 4 members (excludes halogenated alkanes) is 1. The van der Waals surface area contributed by atoms with Crippen molar-refractivity contribution in [1.82, 2.24) is 4.90 Å². The fourth-order valence-electron chi connectivity index (χ4n) is 3.53. The molecule has 2 fully saturated rings. The highest BCUT2D eigenvalue weighted by molar-refractivity contribution is 5.69. The molecule has 1 heterocycles. The first-order valence-electron chi connectivity index (χ1n) is 7.76. The van der Waals surface area contributed by atoms with Gasteiger partial charge in [0.25, 0.3) is 0 Å². The quantitative estimate of drug-likeness (QED) is 0.590. The minimum absolute atomic E-state index is 0.0652. The number of carbonyl (C=O) groups excluding carboxylic acids is 1. The zero-order valence-electron chi connectivity index (χ0n) is 12.0. The standard InChI is InChI=1S/C15H27NO3/c1-2-19-14(17)8-3-4-9-16-10-12-6-5-7-13(11-16)15(12)18/h12-13,15,18H,2-11H2,1H3. The number of piperidine rings is 1. The van der Waals surface area contributed by atoms with Crippen molar-refractivity contribution in [2.24, 2.45) is 11.8 Å². The van der Waals surface area contributed by atoms with Crippen molar-refractivity contribution in [3.63, 3.8) is 0 Å². The molecular formula is C15H27NO3. The highest BCUT2D eigenvalue weighted by atomic mass is 16.5. The lowest BCUT2D eigenvalue weighted by atomic mass is 9.75. The maximum Gasteiger partial charge on any atom is 0.305 e. The number of rotatable bonds is 6. The van der Waals surface area contributed by atoms with E-state index in [1.54, 1.807) is 0 Å². The Hall–Kier alpha value is -0.610. The van der Waals surface area contributed by atoms with E-state index in [0.717, 1.165) is 32.5 Å². The summed E-state index contributed by atoms with van der Waals surface area (Å²) in [6, 6.07) is 0. The molecule has 0 amide bonds. The van der Waals surface area contributed by atoms with E-state index in [4.69, 9.17) is 4.74 Å². The first-order valence-corrected chi connectivity index (χ1v) is 7.76. The Balaban J connectivity index is 1.63. The summed E-state index contributed by atoms with van der Waals surface area (Å²) in [4.78, 5) is 13.7. The van der Waals surface area contributed by atoms with Gasteiger partial charge in [-0.15, -0.1) is 0 Å². The molecule has 19 heavy (non-hydrogen) atoms. The molecule has 0 aromatic rings. The average molecular weight is 269 g/mol. The van der Waals surface area contributed by atoms with Crippen LogP contribution in [0.25, 0.3) is 0 Å². The number of aliphatic hydroxyl groups excluding tert-OH is 1. The van der Waals surface area contributed by atoms with Crippen molar-refractivity contribution in [2.45, 2.75) is 51.6 Å². The second-order valence-electron chi connectivity index (χ2n) is 5.96. The van der Waals surface area contributed by atoms with Crippen LogP contribution in [0, 0.1) is 11.8 Å². The van der Waals surface area contributed by atoms with Crippen molar-refractivity contribution in [1.29, 1.82) is 0 Å². The number of fused-ring (bicyclic) bond motifs is 2. The Morgan fingerprint density at radius 1 is 1.26 bits per heavy atom. The number of esters is 1. The summed E-state index contributed by atoms with van der Waals surface area (Å²) < 4.78 is 4.92. The van der Waals surface area contributed by atoms with Crippen LogP contribution in [-0.4, -0.2) is 48.3 Å². The van der Waals surface area contributed by atoms with Gasteiger partial charge in [-0.1, -0.05) is 6.42 Å². The smallest absolute Gasteiger partial charge is 0.305 e. The van der Waals surface area contributed by atoms with Crippen LogP contribution >= 0.6 is 0 Å². The molecule has 0 spiro atoms. The first-order chi connectivity index (χ1) is 9.20. The number of nitrogens with zero attached hydrogens (tertiary/aromatic N) is 1. The fourth-order valence-corrected chi connectivity index (χ4v) is 3.53. The second-order valence-corrected chi connectivity index (χ2v) is 5.96. The molecule has 1 saturated heterocycles. The third-order valence-corrected chi connectivity index (χ3v) is 4.51. The van der Waals surface area contributed by atoms with Gasteiger partial charge in [-0.25, -0.2) is 0 Å². The number of hydrogen-bond acceptors (Lipinski definition) is 4. The number of hydrogen-bond donors (Lipinski definition) is 1. The number of likely N-dealkylation sites (tertiary alicyclic amines) is 1. The SMILES string of the molecule is CCOC(=O)CCCCN1CC2CCCC(C1)C2O. The van der Waals surface area contributed by atoms with Crippen LogP contribution in [-0.2, 0) is 9.53 Å². The molecule has 1 aliphatic heterocycles. The molecule has 4 heteroatoms. The van der Waals surface area contributed by atoms with Gasteiger partial charge >= 0.3 is 5.97 Å². The Bertz CT molecular complexity index is 281. The molecule has 110 valence electrons. The summed E-state index contributed by atoms with van der Waals surface area (Å²) in [6.45, 7) is 5.45. The van der Waals surface area contributed by atoms with Gasteiger partial charge in [0.2, 0.25) is 0 Å². The van der Waals surface area contributed by atoms with Crippen LogP contribution in [0.15, 0.2) is 0 Å². The second kappa shape index (κ2) is 7.25. The predicted octanol–water partition coefficient (Wildman–Crippen LogP) is 1.81. The van der Waals surface area contributed by atoms with E-state index in [-0.39, 0.29) is 12.1 Å². The highest BCUT2D eigenvalue weighted by Crippen LogP contribution is 2.34. The van der Waals surface area contributed by atoms with Crippen LogP contribution in [0.4, 0.5) is 0 Å². The van der Waals surface area contributed by atoms with Crippen LogP contribution in [0.3, 0.4) is 0 Å². The zero-order valence-corrected chi connectivity index (χ0v) is 12.0. The topological polar surface area (TPSA) is 49.8 Å². The molecule has 2 unspecified atom stereocenters. The van der Waals surface area contributed by atoms with Gasteiger partial charge in [-0.3, -0.25) is 4.79 Å². The predicted molar refractivity (Wildman–Crippen MR) is 73.8 cm³/mol. The van der Waals surface area contributed by atoms with Gasteiger partial charge in [0, 0.05) is 19.5 Å². The van der Waals surface area contributed by atoms with E-state index in [1.165, 1.54) is 19.3 Å². The molecule has 0 radical (unpaired) electrons. The first kappa shape index (κ1) is 14.8. The van der Waals surface area contributed by atoms with Gasteiger partial charge in [-0.05, 0) is 51.0 Å². The highest BCUT2D eigenvalue weighted by Gasteiger charge is 2.37. The van der Waals surface area contributed by atoms with Crippen LogP contribution in [0.1, 0.15) is 45.4 Å². The van der Waals surface area contributed by atoms with E-state index in [9.17, 15) is 9.90 Å². The number of aliphatic hydroxyl groups is 1. The summed E-state index contributed by atoms with van der Waals surface area (Å²) >= 11 is 0. The molecule has 2 atom stereocenters. The maximum absolute atomic E-state index is 11.2. The summed E-state index contributed by atoms with van der Waals surface area (Å²) in [7, 11) is 0. The lowest BCUT2D eigenvalue weighted by molar-refractivity contribution is -0.143. The third-order valence-electron chi connectivity index (χ3n) is 4.51. The molecule has 1 saturated carbocycles. The Labute approximate surface area is 116 Å². The Morgan fingerprint density at radius 2 is 1.95 bits per heavy atom. The summed E-state index contributed by atoms with van der Waals surface area (Å²) in [5, 5.41) is 10.1. The van der Waals surface area contributed by atoms with Crippen LogP contribution in [0.2, 0.25) is 0 Å². The maximum atomic E-state index is 11.2. The average Bonchev–Trinajstić information content (AvgIpc) is 2.36. The number of ether oxygens (including phenoxy) is 1. The molecule has 2 bridgehead atoms. The molecule has 1 aliphatic carbocycles. The van der Waals surface area contributed by atoms with Crippen molar-refractivity contribution in [2.75, 3.05) is 26.2 Å². The Kier molecular flexibility index (Phi) is 5.64. The van der Waals surface area contributed by atoms with Gasteiger partial charge in [0.05, 0.1) is 12.7 Å². The zero-order chi connectivity index (χ0) is 13.7. The van der Waals surface area contributed by atoms with E-state index < -0.39 is 0 Å². The van der Waals surface area contributed by atoms with Gasteiger partial charge in [0.1, 0.15) is 0 Å². The van der Waals surface area contributed by atoms with Gasteiger partial charge < -0.3 is 14.7 Å². The van der Waals surface area contributed by atoms with Gasteiger partial charge in [0.15, 0.2) is 0 Å². The van der Waals surface area contributed by atoms with E-state index in [0.29, 0.717) is 24.9 Å². The monoisotopic (exact) mass is 269 g/mol. The molecule has 2 rings (SSSR count). The summed E-state index contributed by atoms with van der Waals surface area (Å²) in [5.41, 5.74) is 0. The van der Waals surface area contributed by atoms with Crippen LogP contribution in [0.5, 0.6) is 0 Å². The van der Waals surface area contributed by atoms with Crippen LogP contribution < -0.4 is 0 Å². The van der Waals surface area contributed by atoms with E-state index in [1.807, 2.05) is 6.92 Å². The lowest BCUT2D eigenvalue weighted by Crippen LogP contribution is -2.51. The fraction of sp³-hybridized carbons (Fsp3) is 0.933. The minimum Gasteiger partial charge on any atom is -0.466 e. The largest absolute Gasteiger partial charge is 0.466 e. The van der Waals surface area contributed by atoms with Crippen molar-refractivity contribution >= 4 is 5.97 Å². The Morgan fingerprint density at radius 3 is 2.58 bits per heavy atom. The molecule has 0 aromatic carbocycles. The van der Waals surface area contributed by atoms with E-state index in [2.05, 4.69) is 4.90 Å². The number of carbonyl (C=O) groups is 1. The van der Waals surface area contributed by atoms with E-state index >= 15 is 0 Å². The van der Waals surface area contributed by atoms with Crippen molar-refractivity contribution < 1.29 is 14.6 Å². The molecule has 4 nitrogen and oxygen atoms in total. The lowest BCUT2D eigenvalue weighted by Gasteiger charge is -2.45. The molecule has 2 aliphatic rings. The normalized spacial score (nSPS) is 31.2. The van der Waals surface area contributed by atoms with Gasteiger partial charge in [-0.2, -0.15) is 0 Å². The minimum atomic E-state index is -0.0755.